The maximum atomic E-state index is 12.3. The highest BCUT2D eigenvalue weighted by Crippen LogP contribution is 2.25. The summed E-state index contributed by atoms with van der Waals surface area (Å²) < 4.78 is 0. The average Bonchev–Trinajstić information content (AvgIpc) is 2.98. The minimum atomic E-state index is -0.197. The second-order valence-corrected chi connectivity index (χ2v) is 7.58. The van der Waals surface area contributed by atoms with E-state index in [-0.39, 0.29) is 12.1 Å². The molecule has 0 bridgehead atoms. The van der Waals surface area contributed by atoms with Crippen LogP contribution in [-0.2, 0) is 0 Å². The van der Waals surface area contributed by atoms with E-state index in [2.05, 4.69) is 32.4 Å². The van der Waals surface area contributed by atoms with E-state index in [9.17, 15) is 4.79 Å². The Morgan fingerprint density at radius 1 is 1.20 bits per heavy atom. The first-order valence-electron chi connectivity index (χ1n) is 8.79. The van der Waals surface area contributed by atoms with Crippen LogP contribution in [0, 0.1) is 0 Å². The van der Waals surface area contributed by atoms with Gasteiger partial charge in [-0.15, -0.1) is 0 Å². The molecule has 1 aromatic heterocycles. The molecule has 0 aliphatic carbocycles. The van der Waals surface area contributed by atoms with Crippen molar-refractivity contribution < 1.29 is 4.79 Å². The molecule has 3 rings (SSSR count). The van der Waals surface area contributed by atoms with Gasteiger partial charge in [0, 0.05) is 17.3 Å². The van der Waals surface area contributed by atoms with Crippen LogP contribution in [0.4, 0.5) is 10.5 Å². The molecular weight excluding hydrogens is 354 g/mol. The Morgan fingerprint density at radius 2 is 2.00 bits per heavy atom. The summed E-state index contributed by atoms with van der Waals surface area (Å²) in [7, 11) is 0. The van der Waals surface area contributed by atoms with Crippen molar-refractivity contribution in [3.63, 3.8) is 0 Å². The van der Waals surface area contributed by atoms with Crippen LogP contribution in [0.3, 0.4) is 0 Å². The predicted molar refractivity (Wildman–Crippen MR) is 106 cm³/mol. The largest absolute Gasteiger partial charge is 0.336 e. The third-order valence-corrected chi connectivity index (χ3v) is 5.48. The Labute approximate surface area is 158 Å². The van der Waals surface area contributed by atoms with Crippen molar-refractivity contribution >= 4 is 34.7 Å². The SMILES string of the molecule is O=C(NCC(c1ccsc1)N1CCCCCC1)Nc1cccc(Cl)c1. The summed E-state index contributed by atoms with van der Waals surface area (Å²) in [5.74, 6) is 0. The minimum absolute atomic E-state index is 0.197. The standard InChI is InChI=1S/C19H24ClN3OS/c20-16-6-5-7-17(12-16)22-19(24)21-13-18(15-8-11-25-14-15)23-9-3-1-2-4-10-23/h5-8,11-12,14,18H,1-4,9-10,13H2,(H2,21,22,24). The van der Waals surface area contributed by atoms with E-state index in [0.717, 1.165) is 13.1 Å². The van der Waals surface area contributed by atoms with Gasteiger partial charge in [0.1, 0.15) is 0 Å². The van der Waals surface area contributed by atoms with Crippen molar-refractivity contribution in [3.8, 4) is 0 Å². The number of amides is 2. The molecule has 1 aliphatic rings. The lowest BCUT2D eigenvalue weighted by molar-refractivity contribution is 0.199. The second-order valence-electron chi connectivity index (χ2n) is 6.37. The molecule has 134 valence electrons. The van der Waals surface area contributed by atoms with E-state index in [4.69, 9.17) is 11.6 Å². The number of halogens is 1. The number of benzene rings is 1. The number of rotatable bonds is 5. The number of carbonyl (C=O) groups excluding carboxylic acids is 1. The summed E-state index contributed by atoms with van der Waals surface area (Å²) in [6.45, 7) is 2.79. The highest BCUT2D eigenvalue weighted by atomic mass is 35.5. The summed E-state index contributed by atoms with van der Waals surface area (Å²) in [5, 5.41) is 10.8. The number of nitrogens with one attached hydrogen (secondary N) is 2. The molecule has 1 fully saturated rings. The molecule has 25 heavy (non-hydrogen) atoms. The van der Waals surface area contributed by atoms with E-state index in [1.165, 1.54) is 31.2 Å². The number of likely N-dealkylation sites (tertiary alicyclic amines) is 1. The van der Waals surface area contributed by atoms with Crippen molar-refractivity contribution in [2.45, 2.75) is 31.7 Å². The first-order valence-corrected chi connectivity index (χ1v) is 10.1. The first kappa shape index (κ1) is 18.2. The summed E-state index contributed by atoms with van der Waals surface area (Å²) in [6, 6.07) is 9.38. The van der Waals surface area contributed by atoms with Gasteiger partial charge >= 0.3 is 6.03 Å². The van der Waals surface area contributed by atoms with Gasteiger partial charge in [0.05, 0.1) is 6.04 Å². The lowest BCUT2D eigenvalue weighted by Crippen LogP contribution is -2.40. The maximum absolute atomic E-state index is 12.3. The molecule has 1 unspecified atom stereocenters. The number of hydrogen-bond donors (Lipinski definition) is 2. The zero-order valence-corrected chi connectivity index (χ0v) is 15.8. The lowest BCUT2D eigenvalue weighted by Gasteiger charge is -2.30. The van der Waals surface area contributed by atoms with Crippen molar-refractivity contribution in [2.24, 2.45) is 0 Å². The molecule has 0 saturated carbocycles. The van der Waals surface area contributed by atoms with Gasteiger partial charge in [0.2, 0.25) is 0 Å². The maximum Gasteiger partial charge on any atom is 0.319 e. The van der Waals surface area contributed by atoms with Crippen LogP contribution >= 0.6 is 22.9 Å². The fourth-order valence-corrected chi connectivity index (χ4v) is 4.16. The van der Waals surface area contributed by atoms with Gasteiger partial charge in [-0.2, -0.15) is 11.3 Å². The number of thiophene rings is 1. The number of nitrogens with zero attached hydrogens (tertiary/aromatic N) is 1. The zero-order chi connectivity index (χ0) is 17.5. The topological polar surface area (TPSA) is 44.4 Å². The second kappa shape index (κ2) is 9.22. The molecule has 1 atom stereocenters. The van der Waals surface area contributed by atoms with Crippen molar-refractivity contribution in [1.82, 2.24) is 10.2 Å². The molecule has 4 nitrogen and oxygen atoms in total. The number of urea groups is 1. The molecular formula is C19H24ClN3OS. The average molecular weight is 378 g/mol. The summed E-state index contributed by atoms with van der Waals surface area (Å²) in [5.41, 5.74) is 1.99. The Bertz CT molecular complexity index is 669. The Kier molecular flexibility index (Phi) is 6.73. The molecule has 0 radical (unpaired) electrons. The molecule has 2 heterocycles. The molecule has 2 N–H and O–H groups in total. The Hall–Kier alpha value is -1.56. The molecule has 6 heteroatoms. The van der Waals surface area contributed by atoms with Crippen molar-refractivity contribution in [2.75, 3.05) is 25.0 Å². The number of hydrogen-bond acceptors (Lipinski definition) is 3. The van der Waals surface area contributed by atoms with Crippen LogP contribution in [0.15, 0.2) is 41.1 Å². The van der Waals surface area contributed by atoms with Gasteiger partial charge in [-0.1, -0.05) is 30.5 Å². The lowest BCUT2D eigenvalue weighted by atomic mass is 10.1. The van der Waals surface area contributed by atoms with Crippen molar-refractivity contribution in [1.29, 1.82) is 0 Å². The van der Waals surface area contributed by atoms with Crippen LogP contribution in [0.5, 0.6) is 0 Å². The minimum Gasteiger partial charge on any atom is -0.336 e. The summed E-state index contributed by atoms with van der Waals surface area (Å²) >= 11 is 7.67. The summed E-state index contributed by atoms with van der Waals surface area (Å²) in [6.07, 6.45) is 5.07. The quantitative estimate of drug-likeness (QED) is 0.757. The smallest absolute Gasteiger partial charge is 0.319 e. The van der Waals surface area contributed by atoms with Crippen LogP contribution < -0.4 is 10.6 Å². The van der Waals surface area contributed by atoms with Crippen molar-refractivity contribution in [3.05, 3.63) is 51.7 Å². The van der Waals surface area contributed by atoms with Gasteiger partial charge in [0.15, 0.2) is 0 Å². The molecule has 1 saturated heterocycles. The van der Waals surface area contributed by atoms with E-state index in [1.807, 2.05) is 12.1 Å². The highest BCUT2D eigenvalue weighted by Gasteiger charge is 2.22. The molecule has 2 aromatic rings. The Balaban J connectivity index is 1.61. The van der Waals surface area contributed by atoms with E-state index in [1.54, 1.807) is 23.5 Å². The third kappa shape index (κ3) is 5.46. The zero-order valence-electron chi connectivity index (χ0n) is 14.2. The molecule has 0 spiro atoms. The van der Waals surface area contributed by atoms with Crippen LogP contribution in [0.25, 0.3) is 0 Å². The molecule has 1 aromatic carbocycles. The third-order valence-electron chi connectivity index (χ3n) is 4.55. The van der Waals surface area contributed by atoms with Crippen LogP contribution in [0.1, 0.15) is 37.3 Å². The van der Waals surface area contributed by atoms with Gasteiger partial charge in [-0.3, -0.25) is 4.90 Å². The predicted octanol–water partition coefficient (Wildman–Crippen LogP) is 5.14. The van der Waals surface area contributed by atoms with Crippen LogP contribution in [0.2, 0.25) is 5.02 Å². The van der Waals surface area contributed by atoms with E-state index in [0.29, 0.717) is 17.3 Å². The fraction of sp³-hybridized carbons (Fsp3) is 0.421. The van der Waals surface area contributed by atoms with Gasteiger partial charge in [0.25, 0.3) is 0 Å². The number of carbonyl (C=O) groups is 1. The Morgan fingerprint density at radius 3 is 2.68 bits per heavy atom. The fourth-order valence-electron chi connectivity index (χ4n) is 3.26. The number of anilines is 1. The monoisotopic (exact) mass is 377 g/mol. The van der Waals surface area contributed by atoms with E-state index < -0.39 is 0 Å². The molecule has 2 amide bonds. The molecule has 1 aliphatic heterocycles. The van der Waals surface area contributed by atoms with Gasteiger partial charge in [-0.25, -0.2) is 4.79 Å². The highest BCUT2D eigenvalue weighted by molar-refractivity contribution is 7.07. The first-order chi connectivity index (χ1) is 12.2. The van der Waals surface area contributed by atoms with Crippen LogP contribution in [-0.4, -0.2) is 30.6 Å². The normalized spacial score (nSPS) is 16.8. The van der Waals surface area contributed by atoms with Gasteiger partial charge < -0.3 is 10.6 Å². The summed E-state index contributed by atoms with van der Waals surface area (Å²) in [4.78, 5) is 14.8. The van der Waals surface area contributed by atoms with E-state index >= 15 is 0 Å². The van der Waals surface area contributed by atoms with Gasteiger partial charge in [-0.05, 0) is 66.5 Å².